The van der Waals surface area contributed by atoms with Crippen molar-refractivity contribution in [3.05, 3.63) is 51.2 Å². The number of aliphatic imine (C=N–C) groups is 1. The number of non-ortho nitro benzene ring substituents is 1. The summed E-state index contributed by atoms with van der Waals surface area (Å²) in [6, 6.07) is 4.71. The first-order valence-corrected chi connectivity index (χ1v) is 13.4. The first kappa shape index (κ1) is 32.6. The molecule has 0 fully saturated rings. The molecule has 0 saturated heterocycles. The zero-order valence-corrected chi connectivity index (χ0v) is 24.1. The Morgan fingerprint density at radius 1 is 1.02 bits per heavy atom. The number of nitro benzene ring substituents is 1. The molecule has 2 unspecified atom stereocenters. The second-order valence-corrected chi connectivity index (χ2v) is 9.29. The van der Waals surface area contributed by atoms with Crippen molar-refractivity contribution in [2.24, 2.45) is 16.8 Å². The number of benzene rings is 1. The highest BCUT2D eigenvalue weighted by molar-refractivity contribution is 6.10. The van der Waals surface area contributed by atoms with Crippen LogP contribution in [0.3, 0.4) is 0 Å². The van der Waals surface area contributed by atoms with Gasteiger partial charge in [-0.05, 0) is 46.1 Å². The number of carbonyl (C=O) groups excluding carboxylic acids is 3. The summed E-state index contributed by atoms with van der Waals surface area (Å²) in [5, 5.41) is 14.4. The maximum Gasteiger partial charge on any atom is 0.328 e. The molecule has 3 atom stereocenters. The molecule has 1 aromatic carbocycles. The lowest BCUT2D eigenvalue weighted by Crippen LogP contribution is -2.49. The summed E-state index contributed by atoms with van der Waals surface area (Å²) in [7, 11) is 0. The lowest BCUT2D eigenvalue weighted by Gasteiger charge is -2.35. The van der Waals surface area contributed by atoms with Crippen LogP contribution in [0.1, 0.15) is 59.9 Å². The largest absolute Gasteiger partial charge is 0.465 e. The zero-order chi connectivity index (χ0) is 30.0. The first-order chi connectivity index (χ1) is 19.0. The van der Waals surface area contributed by atoms with E-state index < -0.39 is 46.9 Å². The van der Waals surface area contributed by atoms with Gasteiger partial charge in [0, 0.05) is 42.5 Å². The van der Waals surface area contributed by atoms with Crippen molar-refractivity contribution in [3.63, 3.8) is 0 Å². The first-order valence-electron chi connectivity index (χ1n) is 13.4. The number of esters is 2. The van der Waals surface area contributed by atoms with E-state index in [0.29, 0.717) is 5.56 Å². The third-order valence-electron chi connectivity index (χ3n) is 6.25. The molecule has 0 spiro atoms. The maximum atomic E-state index is 13.9. The Hall–Kier alpha value is -3.64. The van der Waals surface area contributed by atoms with Crippen LogP contribution in [0.25, 0.3) is 0 Å². The molecule has 0 bridgehead atoms. The molecular formula is C28H39N3O9. The van der Waals surface area contributed by atoms with Crippen LogP contribution < -0.4 is 5.32 Å². The van der Waals surface area contributed by atoms with Crippen LogP contribution in [-0.2, 0) is 33.3 Å². The molecule has 1 aromatic rings. The minimum atomic E-state index is -1.21. The molecule has 1 aliphatic heterocycles. The zero-order valence-electron chi connectivity index (χ0n) is 24.1. The third kappa shape index (κ3) is 7.72. The van der Waals surface area contributed by atoms with Crippen LogP contribution in [0.4, 0.5) is 5.69 Å². The molecule has 0 radical (unpaired) electrons. The molecule has 0 aromatic heterocycles. The highest BCUT2D eigenvalue weighted by Gasteiger charge is 2.47. The van der Waals surface area contributed by atoms with E-state index in [1.807, 2.05) is 0 Å². The SMILES string of the molecule is CCOC(=O)C1C(C(OCC)OCC)=NC(C)=C(C(=O)N[C@H](C(=O)OCC)C(C)C)C1c1cccc([N+](=O)[O-])c1. The molecule has 2 rings (SSSR count). The average molecular weight is 562 g/mol. The van der Waals surface area contributed by atoms with E-state index in [2.05, 4.69) is 10.3 Å². The molecule has 0 saturated carbocycles. The fraction of sp³-hybridized carbons (Fsp3) is 0.571. The van der Waals surface area contributed by atoms with Gasteiger partial charge in [0.25, 0.3) is 5.69 Å². The van der Waals surface area contributed by atoms with Crippen LogP contribution >= 0.6 is 0 Å². The van der Waals surface area contributed by atoms with Crippen LogP contribution in [0.5, 0.6) is 0 Å². The number of nitrogens with zero attached hydrogens (tertiary/aromatic N) is 2. The number of carbonyl (C=O) groups is 3. The van der Waals surface area contributed by atoms with E-state index in [9.17, 15) is 24.5 Å². The van der Waals surface area contributed by atoms with E-state index >= 15 is 0 Å². The number of ether oxygens (including phenoxy) is 4. The molecule has 1 N–H and O–H groups in total. The minimum absolute atomic E-state index is 0.0424. The molecule has 1 heterocycles. The second-order valence-electron chi connectivity index (χ2n) is 9.29. The van der Waals surface area contributed by atoms with Gasteiger partial charge in [-0.15, -0.1) is 0 Å². The smallest absolute Gasteiger partial charge is 0.328 e. The van der Waals surface area contributed by atoms with Gasteiger partial charge in [-0.1, -0.05) is 26.0 Å². The fourth-order valence-electron chi connectivity index (χ4n) is 4.54. The molecule has 0 aliphatic carbocycles. The Bertz CT molecular complexity index is 1140. The van der Waals surface area contributed by atoms with Crippen LogP contribution in [-0.4, -0.2) is 67.2 Å². The van der Waals surface area contributed by atoms with Gasteiger partial charge >= 0.3 is 11.9 Å². The van der Waals surface area contributed by atoms with Crippen LogP contribution in [0.15, 0.2) is 40.5 Å². The van der Waals surface area contributed by atoms with Crippen molar-refractivity contribution in [2.45, 2.75) is 66.7 Å². The van der Waals surface area contributed by atoms with Gasteiger partial charge in [-0.3, -0.25) is 24.7 Å². The predicted octanol–water partition coefficient (Wildman–Crippen LogP) is 3.69. The molecule has 220 valence electrons. The van der Waals surface area contributed by atoms with Crippen molar-refractivity contribution < 1.29 is 38.3 Å². The Labute approximate surface area is 234 Å². The van der Waals surface area contributed by atoms with Gasteiger partial charge in [0.2, 0.25) is 5.91 Å². The summed E-state index contributed by atoms with van der Waals surface area (Å²) in [6.45, 7) is 12.6. The van der Waals surface area contributed by atoms with Crippen molar-refractivity contribution in [1.29, 1.82) is 0 Å². The van der Waals surface area contributed by atoms with E-state index in [0.717, 1.165) is 0 Å². The predicted molar refractivity (Wildman–Crippen MR) is 147 cm³/mol. The van der Waals surface area contributed by atoms with Gasteiger partial charge in [0.15, 0.2) is 6.29 Å². The van der Waals surface area contributed by atoms with E-state index in [-0.39, 0.29) is 55.0 Å². The highest BCUT2D eigenvalue weighted by Crippen LogP contribution is 2.42. The number of hydrogen-bond acceptors (Lipinski definition) is 10. The normalized spacial score (nSPS) is 17.9. The van der Waals surface area contributed by atoms with Crippen molar-refractivity contribution in [2.75, 3.05) is 26.4 Å². The third-order valence-corrected chi connectivity index (χ3v) is 6.25. The summed E-state index contributed by atoms with van der Waals surface area (Å²) in [4.78, 5) is 55.8. The fourth-order valence-corrected chi connectivity index (χ4v) is 4.54. The minimum Gasteiger partial charge on any atom is -0.465 e. The number of nitro groups is 1. The van der Waals surface area contributed by atoms with Gasteiger partial charge in [-0.2, -0.15) is 0 Å². The van der Waals surface area contributed by atoms with E-state index in [4.69, 9.17) is 18.9 Å². The van der Waals surface area contributed by atoms with Gasteiger partial charge in [-0.25, -0.2) is 4.79 Å². The standard InChI is InChI=1S/C28H39N3O9/c1-8-37-26(33)22-21(18-13-12-14-19(15-18)31(35)36)20(17(7)29-24(22)28(39-10-3)40-11-4)25(32)30-23(16(5)6)27(34)38-9-2/h12-16,21-23,28H,8-11H2,1-7H3,(H,30,32)/t21?,22?,23-/m0/s1. The number of hydrogen-bond donors (Lipinski definition) is 1. The number of allylic oxidation sites excluding steroid dienone is 1. The van der Waals surface area contributed by atoms with Gasteiger partial charge in [0.05, 0.1) is 23.8 Å². The summed E-state index contributed by atoms with van der Waals surface area (Å²) in [5.74, 6) is -4.57. The van der Waals surface area contributed by atoms with Crippen LogP contribution in [0.2, 0.25) is 0 Å². The van der Waals surface area contributed by atoms with Gasteiger partial charge < -0.3 is 24.3 Å². The molecule has 12 heteroatoms. The van der Waals surface area contributed by atoms with Crippen LogP contribution in [0, 0.1) is 22.0 Å². The number of rotatable bonds is 14. The Balaban J connectivity index is 2.82. The van der Waals surface area contributed by atoms with Gasteiger partial charge in [0.1, 0.15) is 12.0 Å². The summed E-state index contributed by atoms with van der Waals surface area (Å²) in [6.07, 6.45) is -1.03. The number of amides is 1. The molecule has 40 heavy (non-hydrogen) atoms. The molecule has 12 nitrogen and oxygen atoms in total. The molecule has 1 aliphatic rings. The number of nitrogens with one attached hydrogen (secondary N) is 1. The van der Waals surface area contributed by atoms with E-state index in [1.54, 1.807) is 54.5 Å². The van der Waals surface area contributed by atoms with E-state index in [1.165, 1.54) is 18.2 Å². The Kier molecular flexibility index (Phi) is 12.4. The second kappa shape index (κ2) is 15.2. The van der Waals surface area contributed by atoms with Crippen molar-refractivity contribution >= 4 is 29.2 Å². The van der Waals surface area contributed by atoms with Crippen molar-refractivity contribution in [3.8, 4) is 0 Å². The lowest BCUT2D eigenvalue weighted by atomic mass is 9.74. The molecular weight excluding hydrogens is 522 g/mol. The maximum absolute atomic E-state index is 13.9. The topological polar surface area (TPSA) is 156 Å². The summed E-state index contributed by atoms with van der Waals surface area (Å²) < 4.78 is 22.1. The molecule has 1 amide bonds. The monoisotopic (exact) mass is 561 g/mol. The Morgan fingerprint density at radius 3 is 2.17 bits per heavy atom. The quantitative estimate of drug-likeness (QED) is 0.155. The highest BCUT2D eigenvalue weighted by atomic mass is 16.7. The summed E-state index contributed by atoms with van der Waals surface area (Å²) >= 11 is 0. The summed E-state index contributed by atoms with van der Waals surface area (Å²) in [5.41, 5.74) is 0.565. The lowest BCUT2D eigenvalue weighted by molar-refractivity contribution is -0.384. The van der Waals surface area contributed by atoms with Crippen molar-refractivity contribution in [1.82, 2.24) is 5.32 Å². The average Bonchev–Trinajstić information content (AvgIpc) is 2.90. The Morgan fingerprint density at radius 2 is 1.65 bits per heavy atom.